The molecule has 8 atom stereocenters. The summed E-state index contributed by atoms with van der Waals surface area (Å²) in [6.45, 7) is 4.57. The lowest BCUT2D eigenvalue weighted by Gasteiger charge is -2.35. The highest BCUT2D eigenvalue weighted by Crippen LogP contribution is 2.39. The first-order valence-electron chi connectivity index (χ1n) is 25.3. The van der Waals surface area contributed by atoms with E-state index in [0.29, 0.717) is 48.9 Å². The maximum atomic E-state index is 14.7. The second-order valence-corrected chi connectivity index (χ2v) is 22.2. The summed E-state index contributed by atoms with van der Waals surface area (Å²) in [4.78, 5) is 125. The monoisotopic (exact) mass is 1110 g/mol. The smallest absolute Gasteiger partial charge is 0.244 e. The molecule has 0 aromatic heterocycles. The van der Waals surface area contributed by atoms with Crippen molar-refractivity contribution in [1.82, 2.24) is 42.5 Å². The molecule has 0 spiro atoms. The highest BCUT2D eigenvalue weighted by atomic mass is 33.1. The van der Waals surface area contributed by atoms with E-state index in [9.17, 15) is 53.4 Å². The zero-order valence-electron chi connectivity index (χ0n) is 43.5. The Bertz CT molecular complexity index is 2470. The van der Waals surface area contributed by atoms with Crippen LogP contribution in [0.15, 0.2) is 78.9 Å². The van der Waals surface area contributed by atoms with Gasteiger partial charge >= 0.3 is 0 Å². The number of nitrogens with two attached hydrogens (primary N) is 4. The molecule has 77 heavy (non-hydrogen) atoms. The third kappa shape index (κ3) is 21.2. The molecule has 0 radical (unpaired) electrons. The number of nitrogens with one attached hydrogen (secondary N) is 8. The molecule has 420 valence electrons. The normalized spacial score (nSPS) is 21.0. The van der Waals surface area contributed by atoms with E-state index >= 15 is 0 Å². The summed E-state index contributed by atoms with van der Waals surface area (Å²) in [6.07, 6.45) is 1.95. The number of unbranched alkanes of at least 4 members (excludes halogenated alkanes) is 2. The molecule has 1 heterocycles. The molecule has 1 fully saturated rings. The molecule has 1 aliphatic heterocycles. The van der Waals surface area contributed by atoms with E-state index in [2.05, 4.69) is 42.5 Å². The third-order valence-electron chi connectivity index (χ3n) is 12.4. The Kier molecular flexibility index (Phi) is 25.5. The summed E-state index contributed by atoms with van der Waals surface area (Å²) in [6, 6.07) is 10.1. The lowest BCUT2D eigenvalue weighted by atomic mass is 9.99. The number of aromatic hydroxyl groups is 2. The van der Waals surface area contributed by atoms with Crippen LogP contribution in [0.2, 0.25) is 0 Å². The van der Waals surface area contributed by atoms with E-state index in [1.165, 1.54) is 43.3 Å². The molecule has 0 bridgehead atoms. The number of phenolic OH excluding ortho intramolecular Hbond substituents is 2. The molecular weight excluding hydrogens is 1030 g/mol. The van der Waals surface area contributed by atoms with Crippen molar-refractivity contribution >= 4 is 74.8 Å². The number of primary amides is 1. The van der Waals surface area contributed by atoms with Gasteiger partial charge in [0.2, 0.25) is 53.2 Å². The number of benzene rings is 3. The van der Waals surface area contributed by atoms with E-state index in [1.54, 1.807) is 56.3 Å². The highest BCUT2D eigenvalue weighted by molar-refractivity contribution is 8.77. The maximum absolute atomic E-state index is 14.7. The average molecular weight is 1110 g/mol. The molecule has 9 amide bonds. The largest absolute Gasteiger partial charge is 0.508 e. The van der Waals surface area contributed by atoms with Crippen LogP contribution in [-0.4, -0.2) is 142 Å². The summed E-state index contributed by atoms with van der Waals surface area (Å²) in [5.74, 6) is -7.51. The van der Waals surface area contributed by atoms with Gasteiger partial charge in [-0.25, -0.2) is 0 Å². The zero-order valence-corrected chi connectivity index (χ0v) is 45.1. The zero-order chi connectivity index (χ0) is 56.7. The van der Waals surface area contributed by atoms with Crippen LogP contribution >= 0.6 is 21.6 Å². The van der Waals surface area contributed by atoms with Gasteiger partial charge in [-0.2, -0.15) is 0 Å². The molecule has 3 aromatic carbocycles. The molecule has 0 unspecified atom stereocenters. The number of hydrogen-bond donors (Lipinski definition) is 14. The van der Waals surface area contributed by atoms with Crippen LogP contribution in [0.25, 0.3) is 0 Å². The van der Waals surface area contributed by atoms with Gasteiger partial charge in [0.1, 0.15) is 53.8 Å². The Morgan fingerprint density at radius 3 is 1.81 bits per heavy atom. The minimum atomic E-state index is -1.48. The molecule has 1 aliphatic rings. The number of phenols is 2. The molecule has 23 nitrogen and oxygen atoms in total. The first kappa shape index (κ1) is 62.6. The molecule has 3 aromatic rings. The Labute approximate surface area is 455 Å². The van der Waals surface area contributed by atoms with Crippen molar-refractivity contribution in [2.45, 2.75) is 132 Å². The summed E-state index contributed by atoms with van der Waals surface area (Å²) in [7, 11) is 2.05. The maximum Gasteiger partial charge on any atom is 0.244 e. The van der Waals surface area contributed by atoms with Crippen molar-refractivity contribution in [2.75, 3.05) is 25.4 Å². The predicted molar refractivity (Wildman–Crippen MR) is 293 cm³/mol. The van der Waals surface area contributed by atoms with Gasteiger partial charge in [0.25, 0.3) is 0 Å². The fraction of sp³-hybridized carbons (Fsp3) is 0.481. The second kappa shape index (κ2) is 31.3. The number of carbonyl (C=O) groups excluding carboxylic acids is 9. The third-order valence-corrected chi connectivity index (χ3v) is 15.7. The SMILES string of the molecule is C[C@H]1NC(=O)CNC(=O)[C@H](Cc2ccc(O)cc2)NC(=O)[C@H](NC(=O)[C@@H](N)Cc2ccc(O)cc2)C(C)(C)SSC[C@H](C(=O)N[C@@H](CCCCN)C(=O)N[C@@H](CCCCN)C(N)=O)NC(=O)[C@@H](Cc2ccccc2)NC1=O. The average Bonchev–Trinajstić information content (AvgIpc) is 3.39. The van der Waals surface area contributed by atoms with Crippen LogP contribution in [0.4, 0.5) is 0 Å². The van der Waals surface area contributed by atoms with Crippen molar-refractivity contribution in [2.24, 2.45) is 22.9 Å². The molecule has 0 saturated carbocycles. The molecule has 18 N–H and O–H groups in total. The quantitative estimate of drug-likeness (QED) is 0.0445. The van der Waals surface area contributed by atoms with E-state index in [1.807, 2.05) is 0 Å². The van der Waals surface area contributed by atoms with Crippen LogP contribution in [0.5, 0.6) is 11.5 Å². The first-order chi connectivity index (χ1) is 36.6. The van der Waals surface area contributed by atoms with E-state index in [0.717, 1.165) is 21.6 Å². The standard InChI is InChI=1S/C52H74N12O11S2/c1-30-45(69)61-40(26-31-11-5-4-6-12-31)49(73)63-41(50(74)60-38(14-8-10-24-54)48(72)59-37(44(56)68)13-7-9-23-53)29-76-77-52(2,3)43(64-46(70)36(55)25-32-15-19-34(65)20-16-32)51(75)62-39(47(71)57-28-42(67)58-30)27-33-17-21-35(66)22-18-33/h4-6,11-12,15-22,30,36-41,43,65-66H,7-10,13-14,23-29,53-55H2,1-3H3,(H2,56,68)(H,57,71)(H,58,67)(H,59,72)(H,60,74)(H,61,69)(H,62,75)(H,63,73)(H,64,70)/t30-,36+,37+,38+,39+,40-,41-,43+/m1/s1. The van der Waals surface area contributed by atoms with E-state index < -0.39 is 113 Å². The van der Waals surface area contributed by atoms with Gasteiger partial charge in [0.05, 0.1) is 12.6 Å². The number of amides is 9. The summed E-state index contributed by atoms with van der Waals surface area (Å²) >= 11 is 0. The van der Waals surface area contributed by atoms with Gasteiger partial charge in [0, 0.05) is 23.3 Å². The fourth-order valence-electron chi connectivity index (χ4n) is 7.96. The lowest BCUT2D eigenvalue weighted by molar-refractivity contribution is -0.134. The van der Waals surface area contributed by atoms with Gasteiger partial charge in [-0.1, -0.05) is 76.2 Å². The van der Waals surface area contributed by atoms with Gasteiger partial charge in [0.15, 0.2) is 0 Å². The van der Waals surface area contributed by atoms with Crippen LogP contribution in [0.3, 0.4) is 0 Å². The van der Waals surface area contributed by atoms with Crippen LogP contribution in [-0.2, 0) is 62.4 Å². The summed E-state index contributed by atoms with van der Waals surface area (Å²) in [5.41, 5.74) is 25.2. The van der Waals surface area contributed by atoms with Crippen LogP contribution in [0.1, 0.15) is 76.0 Å². The number of carbonyl (C=O) groups is 9. The fourth-order valence-corrected chi connectivity index (χ4v) is 10.8. The minimum absolute atomic E-state index is 0.000258. The molecule has 25 heteroatoms. The molecule has 1 saturated heterocycles. The molecular formula is C52H74N12O11S2. The minimum Gasteiger partial charge on any atom is -0.508 e. The Balaban J connectivity index is 1.78. The van der Waals surface area contributed by atoms with Crippen LogP contribution in [0, 0.1) is 0 Å². The van der Waals surface area contributed by atoms with Gasteiger partial charge < -0.3 is 75.7 Å². The summed E-state index contributed by atoms with van der Waals surface area (Å²) < 4.78 is -1.34. The first-order valence-corrected chi connectivity index (χ1v) is 27.7. The Morgan fingerprint density at radius 1 is 0.675 bits per heavy atom. The van der Waals surface area contributed by atoms with Gasteiger partial charge in [-0.15, -0.1) is 0 Å². The highest BCUT2D eigenvalue weighted by Gasteiger charge is 2.41. The van der Waals surface area contributed by atoms with Crippen molar-refractivity contribution in [3.8, 4) is 11.5 Å². The van der Waals surface area contributed by atoms with Crippen molar-refractivity contribution in [3.63, 3.8) is 0 Å². The second-order valence-electron chi connectivity index (χ2n) is 19.2. The van der Waals surface area contributed by atoms with E-state index in [4.69, 9.17) is 22.9 Å². The van der Waals surface area contributed by atoms with Crippen molar-refractivity contribution in [3.05, 3.63) is 95.6 Å². The number of rotatable bonds is 21. The van der Waals surface area contributed by atoms with Gasteiger partial charge in [-0.3, -0.25) is 43.2 Å². The molecule has 4 rings (SSSR count). The Hall–Kier alpha value is -6.93. The predicted octanol–water partition coefficient (Wildman–Crippen LogP) is -1.10. The lowest BCUT2D eigenvalue weighted by Crippen LogP contribution is -2.62. The summed E-state index contributed by atoms with van der Waals surface area (Å²) in [5, 5.41) is 41.1. The molecule has 0 aliphatic carbocycles. The van der Waals surface area contributed by atoms with Crippen molar-refractivity contribution < 1.29 is 53.4 Å². The van der Waals surface area contributed by atoms with E-state index in [-0.39, 0.29) is 55.9 Å². The van der Waals surface area contributed by atoms with Gasteiger partial charge in [-0.05, 0) is 120 Å². The topological polar surface area (TPSA) is 394 Å². The van der Waals surface area contributed by atoms with Crippen molar-refractivity contribution in [1.29, 1.82) is 0 Å². The van der Waals surface area contributed by atoms with Crippen LogP contribution < -0.4 is 65.5 Å². The Morgan fingerprint density at radius 2 is 1.22 bits per heavy atom. The number of hydrogen-bond acceptors (Lipinski definition) is 16.